The van der Waals surface area contributed by atoms with Crippen LogP contribution in [0, 0.1) is 0 Å². The summed E-state index contributed by atoms with van der Waals surface area (Å²) in [6.07, 6.45) is 0. The molecule has 0 aromatic heterocycles. The highest BCUT2D eigenvalue weighted by atomic mass is 32.1. The van der Waals surface area contributed by atoms with Crippen molar-refractivity contribution in [1.82, 2.24) is 0 Å². The maximum Gasteiger partial charge on any atom is 0.00461 e. The molecule has 0 fully saturated rings. The maximum atomic E-state index is 4.77. The van der Waals surface area contributed by atoms with Gasteiger partial charge in [-0.3, -0.25) is 0 Å². The molecule has 9 aromatic rings. The van der Waals surface area contributed by atoms with Gasteiger partial charge in [0.05, 0.1) is 0 Å². The van der Waals surface area contributed by atoms with Gasteiger partial charge in [0, 0.05) is 4.90 Å². The first-order chi connectivity index (χ1) is 27.2. The Bertz CT molecular complexity index is 2700. The first-order valence-electron chi connectivity index (χ1n) is 18.7. The van der Waals surface area contributed by atoms with Gasteiger partial charge in [-0.15, -0.1) is 12.6 Å². The zero-order chi connectivity index (χ0) is 37.0. The average Bonchev–Trinajstić information content (AvgIpc) is 3.27. The summed E-state index contributed by atoms with van der Waals surface area (Å²) in [6, 6.07) is 80.8. The molecule has 260 valence electrons. The molecule has 0 N–H and O–H groups in total. The van der Waals surface area contributed by atoms with Crippen LogP contribution >= 0.6 is 12.6 Å². The third-order valence-electron chi connectivity index (χ3n) is 10.4. The molecule has 9 rings (SSSR count). The van der Waals surface area contributed by atoms with Crippen molar-refractivity contribution in [3.8, 4) is 89.0 Å². The molecule has 0 nitrogen and oxygen atoms in total. The van der Waals surface area contributed by atoms with E-state index < -0.39 is 0 Å². The quantitative estimate of drug-likeness (QED) is 0.149. The van der Waals surface area contributed by atoms with Gasteiger partial charge in [0.1, 0.15) is 0 Å². The zero-order valence-electron chi connectivity index (χ0n) is 30.3. The monoisotopic (exact) mass is 718 g/mol. The van der Waals surface area contributed by atoms with Crippen LogP contribution in [0.3, 0.4) is 0 Å². The predicted molar refractivity (Wildman–Crippen MR) is 237 cm³/mol. The SMILES string of the molecule is Sc1cccc(-c2ccc(-c3ccccc3)c(-c3ccccc3)c2-c2ccc(-c3c(-c4ccccc4)ccc(-c4ccccc4)c3-c3ccccc3)cc2)c1. The molecule has 0 saturated carbocycles. The molecule has 0 aliphatic heterocycles. The van der Waals surface area contributed by atoms with Crippen LogP contribution in [0.5, 0.6) is 0 Å². The molecule has 0 unspecified atom stereocenters. The van der Waals surface area contributed by atoms with E-state index in [1.165, 1.54) is 77.9 Å². The molecule has 0 heterocycles. The van der Waals surface area contributed by atoms with Crippen molar-refractivity contribution < 1.29 is 0 Å². The van der Waals surface area contributed by atoms with E-state index in [9.17, 15) is 0 Å². The lowest BCUT2D eigenvalue weighted by Gasteiger charge is -2.22. The third-order valence-corrected chi connectivity index (χ3v) is 10.7. The van der Waals surface area contributed by atoms with E-state index in [4.69, 9.17) is 12.6 Å². The van der Waals surface area contributed by atoms with Crippen LogP contribution in [0.4, 0.5) is 0 Å². The minimum absolute atomic E-state index is 0.937. The highest BCUT2D eigenvalue weighted by Crippen LogP contribution is 2.48. The number of rotatable bonds is 8. The van der Waals surface area contributed by atoms with Crippen molar-refractivity contribution in [1.29, 1.82) is 0 Å². The van der Waals surface area contributed by atoms with Gasteiger partial charge in [-0.05, 0) is 101 Å². The molecule has 0 atom stereocenters. The van der Waals surface area contributed by atoms with E-state index in [1.54, 1.807) is 0 Å². The summed E-state index contributed by atoms with van der Waals surface area (Å²) in [5.41, 5.74) is 19.0. The molecular weight excluding hydrogens is 681 g/mol. The lowest BCUT2D eigenvalue weighted by Crippen LogP contribution is -1.96. The van der Waals surface area contributed by atoms with Crippen molar-refractivity contribution in [2.24, 2.45) is 0 Å². The Morgan fingerprint density at radius 3 is 0.764 bits per heavy atom. The van der Waals surface area contributed by atoms with Crippen LogP contribution in [0.1, 0.15) is 0 Å². The molecule has 9 aromatic carbocycles. The Hall–Kier alpha value is -6.67. The van der Waals surface area contributed by atoms with Crippen LogP contribution in [0.25, 0.3) is 89.0 Å². The van der Waals surface area contributed by atoms with E-state index in [-0.39, 0.29) is 0 Å². The van der Waals surface area contributed by atoms with E-state index in [0.29, 0.717) is 0 Å². The molecular formula is C54H38S. The fourth-order valence-corrected chi connectivity index (χ4v) is 8.13. The van der Waals surface area contributed by atoms with Crippen LogP contribution in [-0.2, 0) is 0 Å². The summed E-state index contributed by atoms with van der Waals surface area (Å²) < 4.78 is 0. The van der Waals surface area contributed by atoms with E-state index in [2.05, 4.69) is 218 Å². The smallest absolute Gasteiger partial charge is 0.00461 e. The molecule has 0 aliphatic rings. The largest absolute Gasteiger partial charge is 0.143 e. The van der Waals surface area contributed by atoms with Gasteiger partial charge in [-0.1, -0.05) is 212 Å². The minimum atomic E-state index is 0.937. The zero-order valence-corrected chi connectivity index (χ0v) is 31.2. The van der Waals surface area contributed by atoms with Gasteiger partial charge in [0.15, 0.2) is 0 Å². The summed E-state index contributed by atoms with van der Waals surface area (Å²) >= 11 is 4.77. The Morgan fingerprint density at radius 2 is 0.455 bits per heavy atom. The second-order valence-corrected chi connectivity index (χ2v) is 14.3. The van der Waals surface area contributed by atoms with Gasteiger partial charge in [-0.25, -0.2) is 0 Å². The molecule has 0 bridgehead atoms. The molecule has 0 radical (unpaired) electrons. The summed E-state index contributed by atoms with van der Waals surface area (Å²) in [6.45, 7) is 0. The van der Waals surface area contributed by atoms with Gasteiger partial charge < -0.3 is 0 Å². The molecule has 0 spiro atoms. The van der Waals surface area contributed by atoms with Crippen LogP contribution < -0.4 is 0 Å². The van der Waals surface area contributed by atoms with Crippen LogP contribution in [0.15, 0.2) is 229 Å². The Kier molecular flexibility index (Phi) is 9.53. The van der Waals surface area contributed by atoms with Gasteiger partial charge in [0.2, 0.25) is 0 Å². The van der Waals surface area contributed by atoms with Crippen molar-refractivity contribution in [3.05, 3.63) is 224 Å². The van der Waals surface area contributed by atoms with Crippen molar-refractivity contribution in [2.75, 3.05) is 0 Å². The van der Waals surface area contributed by atoms with Crippen LogP contribution in [-0.4, -0.2) is 0 Å². The van der Waals surface area contributed by atoms with E-state index in [0.717, 1.165) is 16.0 Å². The highest BCUT2D eigenvalue weighted by molar-refractivity contribution is 7.80. The molecule has 55 heavy (non-hydrogen) atoms. The van der Waals surface area contributed by atoms with E-state index >= 15 is 0 Å². The fraction of sp³-hybridized carbons (Fsp3) is 0. The first-order valence-corrected chi connectivity index (χ1v) is 19.2. The molecule has 0 saturated heterocycles. The topological polar surface area (TPSA) is 0 Å². The number of hydrogen-bond donors (Lipinski definition) is 1. The molecule has 0 aliphatic carbocycles. The Labute approximate surface area is 329 Å². The lowest BCUT2D eigenvalue weighted by atomic mass is 9.81. The number of benzene rings is 9. The number of thiol groups is 1. The second-order valence-electron chi connectivity index (χ2n) is 13.8. The Balaban J connectivity index is 1.32. The molecule has 0 amide bonds. The third kappa shape index (κ3) is 6.83. The summed E-state index contributed by atoms with van der Waals surface area (Å²) in [7, 11) is 0. The standard InChI is InChI=1S/C54H38S/c55-46-28-16-27-45(37-46)50-36-35-48(39-19-8-2-9-20-39)52(42-25-14-5-15-26-42)54(50)44-31-29-43(30-32-44)53-49(40-21-10-3-11-22-40)34-33-47(38-17-6-1-7-18-38)51(53)41-23-12-4-13-24-41/h1-37,55H. The number of hydrogen-bond acceptors (Lipinski definition) is 1. The first kappa shape index (κ1) is 34.1. The lowest BCUT2D eigenvalue weighted by molar-refractivity contribution is 1.46. The van der Waals surface area contributed by atoms with Crippen molar-refractivity contribution in [2.45, 2.75) is 4.90 Å². The van der Waals surface area contributed by atoms with E-state index in [1.807, 2.05) is 6.07 Å². The van der Waals surface area contributed by atoms with Crippen molar-refractivity contribution in [3.63, 3.8) is 0 Å². The Morgan fingerprint density at radius 1 is 0.200 bits per heavy atom. The average molecular weight is 719 g/mol. The van der Waals surface area contributed by atoms with Crippen LogP contribution in [0.2, 0.25) is 0 Å². The van der Waals surface area contributed by atoms with Gasteiger partial charge in [-0.2, -0.15) is 0 Å². The van der Waals surface area contributed by atoms with Gasteiger partial charge >= 0.3 is 0 Å². The fourth-order valence-electron chi connectivity index (χ4n) is 7.91. The second kappa shape index (κ2) is 15.4. The maximum absolute atomic E-state index is 4.77. The summed E-state index contributed by atoms with van der Waals surface area (Å²) in [5, 5.41) is 0. The normalized spacial score (nSPS) is 11.0. The summed E-state index contributed by atoms with van der Waals surface area (Å²) in [4.78, 5) is 0.937. The summed E-state index contributed by atoms with van der Waals surface area (Å²) in [5.74, 6) is 0. The minimum Gasteiger partial charge on any atom is -0.143 e. The van der Waals surface area contributed by atoms with Crippen molar-refractivity contribution >= 4 is 12.6 Å². The molecule has 1 heteroatoms. The highest BCUT2D eigenvalue weighted by Gasteiger charge is 2.22. The predicted octanol–water partition coefficient (Wildman–Crippen LogP) is 15.3. The van der Waals surface area contributed by atoms with Gasteiger partial charge in [0.25, 0.3) is 0 Å².